The predicted molar refractivity (Wildman–Crippen MR) is 89.7 cm³/mol. The maximum atomic E-state index is 12.9. The van der Waals surface area contributed by atoms with Crippen LogP contribution in [0.15, 0.2) is 48.5 Å². The minimum absolute atomic E-state index is 0.113. The normalized spacial score (nSPS) is 11.2. The van der Waals surface area contributed by atoms with Crippen LogP contribution in [-0.2, 0) is 12.6 Å². The van der Waals surface area contributed by atoms with Gasteiger partial charge >= 0.3 is 6.18 Å². The molecule has 0 aromatic heterocycles. The van der Waals surface area contributed by atoms with Crippen LogP contribution >= 0.6 is 0 Å². The van der Waals surface area contributed by atoms with Crippen molar-refractivity contribution >= 4 is 5.91 Å². The number of hydrogen-bond acceptors (Lipinski definition) is 2. The molecule has 0 heterocycles. The summed E-state index contributed by atoms with van der Waals surface area (Å²) in [6.45, 7) is 2.39. The van der Waals surface area contributed by atoms with Crippen LogP contribution < -0.4 is 10.1 Å². The quantitative estimate of drug-likeness (QED) is 0.748. The predicted octanol–water partition coefficient (Wildman–Crippen LogP) is 4.47. The molecule has 2 aromatic carbocycles. The SMILES string of the molecule is CCCc1ccc(OCCNC(=O)c2ccccc2C(F)(F)F)cc1. The Labute approximate surface area is 144 Å². The van der Waals surface area contributed by atoms with Crippen molar-refractivity contribution in [3.8, 4) is 5.75 Å². The highest BCUT2D eigenvalue weighted by Crippen LogP contribution is 2.31. The first-order valence-corrected chi connectivity index (χ1v) is 8.08. The number of benzene rings is 2. The summed E-state index contributed by atoms with van der Waals surface area (Å²) in [6.07, 6.45) is -2.51. The van der Waals surface area contributed by atoms with Gasteiger partial charge in [0, 0.05) is 0 Å². The van der Waals surface area contributed by atoms with Crippen molar-refractivity contribution in [2.24, 2.45) is 0 Å². The molecule has 0 atom stereocenters. The van der Waals surface area contributed by atoms with Crippen LogP contribution in [-0.4, -0.2) is 19.1 Å². The van der Waals surface area contributed by atoms with Gasteiger partial charge in [-0.05, 0) is 36.2 Å². The third-order valence-corrected chi connectivity index (χ3v) is 3.60. The van der Waals surface area contributed by atoms with Gasteiger partial charge in [0.15, 0.2) is 0 Å². The second-order valence-electron chi connectivity index (χ2n) is 5.54. The van der Waals surface area contributed by atoms with Crippen molar-refractivity contribution in [2.45, 2.75) is 25.9 Å². The van der Waals surface area contributed by atoms with Crippen molar-refractivity contribution in [1.82, 2.24) is 5.32 Å². The lowest BCUT2D eigenvalue weighted by Crippen LogP contribution is -2.30. The molecule has 0 aliphatic carbocycles. The average molecular weight is 351 g/mol. The molecule has 1 N–H and O–H groups in total. The largest absolute Gasteiger partial charge is 0.492 e. The summed E-state index contributed by atoms with van der Waals surface area (Å²) in [6, 6.07) is 12.3. The number of alkyl halides is 3. The summed E-state index contributed by atoms with van der Waals surface area (Å²) in [4.78, 5) is 12.0. The second-order valence-corrected chi connectivity index (χ2v) is 5.54. The molecule has 3 nitrogen and oxygen atoms in total. The van der Waals surface area contributed by atoms with E-state index in [9.17, 15) is 18.0 Å². The van der Waals surface area contributed by atoms with Gasteiger partial charge in [-0.1, -0.05) is 37.6 Å². The summed E-state index contributed by atoms with van der Waals surface area (Å²) in [5.74, 6) is -0.111. The average Bonchev–Trinajstić information content (AvgIpc) is 2.59. The molecular weight excluding hydrogens is 331 g/mol. The number of rotatable bonds is 7. The number of amides is 1. The molecule has 2 rings (SSSR count). The Kier molecular flexibility index (Phi) is 6.44. The summed E-state index contributed by atoms with van der Waals surface area (Å²) in [5, 5.41) is 2.45. The van der Waals surface area contributed by atoms with E-state index in [1.165, 1.54) is 17.7 Å². The molecule has 0 fully saturated rings. The molecule has 6 heteroatoms. The Hall–Kier alpha value is -2.50. The van der Waals surface area contributed by atoms with E-state index in [0.29, 0.717) is 5.75 Å². The zero-order valence-electron chi connectivity index (χ0n) is 13.9. The van der Waals surface area contributed by atoms with Gasteiger partial charge in [-0.15, -0.1) is 0 Å². The molecule has 25 heavy (non-hydrogen) atoms. The number of carbonyl (C=O) groups is 1. The minimum Gasteiger partial charge on any atom is -0.492 e. The molecule has 134 valence electrons. The highest BCUT2D eigenvalue weighted by molar-refractivity contribution is 5.95. The number of halogens is 3. The van der Waals surface area contributed by atoms with Gasteiger partial charge in [-0.25, -0.2) is 0 Å². The van der Waals surface area contributed by atoms with Gasteiger partial charge in [-0.3, -0.25) is 4.79 Å². The fourth-order valence-electron chi connectivity index (χ4n) is 2.40. The van der Waals surface area contributed by atoms with Crippen LogP contribution in [0.5, 0.6) is 5.75 Å². The van der Waals surface area contributed by atoms with Gasteiger partial charge < -0.3 is 10.1 Å². The Morgan fingerprint density at radius 1 is 1.08 bits per heavy atom. The standard InChI is InChI=1S/C19H20F3NO2/c1-2-5-14-8-10-15(11-9-14)25-13-12-23-18(24)16-6-3-4-7-17(16)19(20,21)22/h3-4,6-11H,2,5,12-13H2,1H3,(H,23,24). The van der Waals surface area contributed by atoms with Gasteiger partial charge in [0.1, 0.15) is 12.4 Å². The molecule has 0 unspecified atom stereocenters. The Balaban J connectivity index is 1.85. The van der Waals surface area contributed by atoms with Gasteiger partial charge in [0.25, 0.3) is 5.91 Å². The van der Waals surface area contributed by atoms with E-state index in [0.717, 1.165) is 25.0 Å². The maximum absolute atomic E-state index is 12.9. The molecule has 1 amide bonds. The molecule has 0 saturated heterocycles. The first-order valence-electron chi connectivity index (χ1n) is 8.08. The summed E-state index contributed by atoms with van der Waals surface area (Å²) in [7, 11) is 0. The highest BCUT2D eigenvalue weighted by atomic mass is 19.4. The number of ether oxygens (including phenoxy) is 1. The van der Waals surface area contributed by atoms with Crippen molar-refractivity contribution in [2.75, 3.05) is 13.2 Å². The van der Waals surface area contributed by atoms with Crippen LogP contribution in [0.3, 0.4) is 0 Å². The zero-order chi connectivity index (χ0) is 18.3. The zero-order valence-corrected chi connectivity index (χ0v) is 13.9. The van der Waals surface area contributed by atoms with Gasteiger partial charge in [0.2, 0.25) is 0 Å². The highest BCUT2D eigenvalue weighted by Gasteiger charge is 2.34. The van der Waals surface area contributed by atoms with E-state index in [4.69, 9.17) is 4.74 Å². The van der Waals surface area contributed by atoms with E-state index < -0.39 is 17.6 Å². The van der Waals surface area contributed by atoms with E-state index in [2.05, 4.69) is 12.2 Å². The molecule has 0 saturated carbocycles. The van der Waals surface area contributed by atoms with Crippen LogP contribution in [0, 0.1) is 0 Å². The van der Waals surface area contributed by atoms with E-state index in [1.807, 2.05) is 24.3 Å². The summed E-state index contributed by atoms with van der Waals surface area (Å²) < 4.78 is 44.2. The van der Waals surface area contributed by atoms with E-state index in [1.54, 1.807) is 0 Å². The summed E-state index contributed by atoms with van der Waals surface area (Å²) in [5.41, 5.74) is -0.120. The van der Waals surface area contributed by atoms with Crippen LogP contribution in [0.4, 0.5) is 13.2 Å². The Morgan fingerprint density at radius 3 is 2.40 bits per heavy atom. The molecule has 0 aliphatic heterocycles. The fourth-order valence-corrected chi connectivity index (χ4v) is 2.40. The third-order valence-electron chi connectivity index (χ3n) is 3.60. The number of carbonyl (C=O) groups excluding carboxylic acids is 1. The second kappa shape index (κ2) is 8.55. The van der Waals surface area contributed by atoms with Crippen molar-refractivity contribution in [1.29, 1.82) is 0 Å². The first-order chi connectivity index (χ1) is 11.9. The van der Waals surface area contributed by atoms with E-state index in [-0.39, 0.29) is 18.7 Å². The van der Waals surface area contributed by atoms with Crippen molar-refractivity contribution in [3.63, 3.8) is 0 Å². The van der Waals surface area contributed by atoms with Gasteiger partial charge in [0.05, 0.1) is 17.7 Å². The maximum Gasteiger partial charge on any atom is 0.417 e. The lowest BCUT2D eigenvalue weighted by atomic mass is 10.1. The smallest absolute Gasteiger partial charge is 0.417 e. The molecule has 0 radical (unpaired) electrons. The molecular formula is C19H20F3NO2. The van der Waals surface area contributed by atoms with Crippen molar-refractivity contribution in [3.05, 3.63) is 65.2 Å². The van der Waals surface area contributed by atoms with Crippen LogP contribution in [0.2, 0.25) is 0 Å². The molecule has 2 aromatic rings. The minimum atomic E-state index is -4.56. The van der Waals surface area contributed by atoms with Crippen molar-refractivity contribution < 1.29 is 22.7 Å². The summed E-state index contributed by atoms with van der Waals surface area (Å²) >= 11 is 0. The van der Waals surface area contributed by atoms with Gasteiger partial charge in [-0.2, -0.15) is 13.2 Å². The fraction of sp³-hybridized carbons (Fsp3) is 0.316. The van der Waals surface area contributed by atoms with Crippen LogP contribution in [0.1, 0.15) is 34.8 Å². The topological polar surface area (TPSA) is 38.3 Å². The lowest BCUT2D eigenvalue weighted by molar-refractivity contribution is -0.137. The number of hydrogen-bond donors (Lipinski definition) is 1. The number of aryl methyl sites for hydroxylation is 1. The molecule has 0 bridgehead atoms. The Morgan fingerprint density at radius 2 is 1.76 bits per heavy atom. The first kappa shape index (κ1) is 18.8. The number of nitrogens with one attached hydrogen (secondary N) is 1. The van der Waals surface area contributed by atoms with Crippen LogP contribution in [0.25, 0.3) is 0 Å². The van der Waals surface area contributed by atoms with E-state index >= 15 is 0 Å². The molecule has 0 spiro atoms. The lowest BCUT2D eigenvalue weighted by Gasteiger charge is -2.13. The third kappa shape index (κ3) is 5.52. The monoisotopic (exact) mass is 351 g/mol. The Bertz CT molecular complexity index is 697. The molecule has 0 aliphatic rings.